The third-order valence-corrected chi connectivity index (χ3v) is 4.03. The summed E-state index contributed by atoms with van der Waals surface area (Å²) < 4.78 is 21.7. The van der Waals surface area contributed by atoms with Gasteiger partial charge in [-0.25, -0.2) is 0 Å². The van der Waals surface area contributed by atoms with Crippen LogP contribution in [0.15, 0.2) is 0 Å². The zero-order valence-electron chi connectivity index (χ0n) is 12.6. The molecule has 3 unspecified atom stereocenters. The van der Waals surface area contributed by atoms with Crippen LogP contribution in [0.2, 0.25) is 0 Å². The van der Waals surface area contributed by atoms with Gasteiger partial charge in [-0.05, 0) is 26.8 Å². The molecule has 0 spiro atoms. The van der Waals surface area contributed by atoms with Gasteiger partial charge < -0.3 is 19.9 Å². The molecule has 0 aliphatic rings. The summed E-state index contributed by atoms with van der Waals surface area (Å²) in [4.78, 5) is 0. The van der Waals surface area contributed by atoms with Crippen LogP contribution in [0.1, 0.15) is 27.2 Å². The van der Waals surface area contributed by atoms with Crippen LogP contribution in [-0.4, -0.2) is 65.9 Å². The van der Waals surface area contributed by atoms with Crippen molar-refractivity contribution in [1.82, 2.24) is 5.32 Å². The summed E-state index contributed by atoms with van der Waals surface area (Å²) in [7, 11) is -0.777. The van der Waals surface area contributed by atoms with Crippen molar-refractivity contribution in [2.75, 3.05) is 39.2 Å². The Morgan fingerprint density at radius 3 is 2.53 bits per heavy atom. The summed E-state index contributed by atoms with van der Waals surface area (Å²) in [5.41, 5.74) is 0. The highest BCUT2D eigenvalue weighted by molar-refractivity contribution is 7.84. The lowest BCUT2D eigenvalue weighted by Crippen LogP contribution is -2.32. The molecule has 0 aromatic rings. The molecule has 19 heavy (non-hydrogen) atoms. The van der Waals surface area contributed by atoms with Crippen LogP contribution in [-0.2, 0) is 20.3 Å². The zero-order chi connectivity index (χ0) is 14.7. The lowest BCUT2D eigenvalue weighted by atomic mass is 10.3. The topological polar surface area (TPSA) is 67.8 Å². The van der Waals surface area contributed by atoms with Gasteiger partial charge in [0.1, 0.15) is 0 Å². The van der Waals surface area contributed by atoms with E-state index in [0.717, 1.165) is 13.0 Å². The van der Waals surface area contributed by atoms with Gasteiger partial charge in [-0.1, -0.05) is 6.92 Å². The minimum Gasteiger partial charge on any atom is -0.389 e. The Morgan fingerprint density at radius 2 is 1.95 bits per heavy atom. The molecule has 0 aromatic heterocycles. The maximum Gasteiger partial charge on any atom is 0.0897 e. The van der Waals surface area contributed by atoms with Crippen LogP contribution in [0.25, 0.3) is 0 Å². The highest BCUT2D eigenvalue weighted by Crippen LogP contribution is 1.97. The molecule has 6 heteroatoms. The Kier molecular flexibility index (Phi) is 11.8. The molecule has 0 bridgehead atoms. The zero-order valence-corrected chi connectivity index (χ0v) is 13.4. The average molecular weight is 295 g/mol. The predicted molar refractivity (Wildman–Crippen MR) is 78.9 cm³/mol. The average Bonchev–Trinajstić information content (AvgIpc) is 2.33. The van der Waals surface area contributed by atoms with E-state index in [1.54, 1.807) is 6.26 Å². The van der Waals surface area contributed by atoms with Gasteiger partial charge in [-0.3, -0.25) is 4.21 Å². The normalized spacial score (nSPS) is 16.5. The van der Waals surface area contributed by atoms with Crippen molar-refractivity contribution in [3.63, 3.8) is 0 Å². The Bertz CT molecular complexity index is 239. The maximum absolute atomic E-state index is 11.1. The summed E-state index contributed by atoms with van der Waals surface area (Å²) in [5, 5.41) is 13.0. The number of ether oxygens (including phenoxy) is 2. The summed E-state index contributed by atoms with van der Waals surface area (Å²) in [6.07, 6.45) is 2.26. The molecular weight excluding hydrogens is 266 g/mol. The Morgan fingerprint density at radius 1 is 1.26 bits per heavy atom. The summed E-state index contributed by atoms with van der Waals surface area (Å²) in [5.74, 6) is 0. The van der Waals surface area contributed by atoms with E-state index in [-0.39, 0.29) is 11.4 Å². The molecule has 116 valence electrons. The Hall–Kier alpha value is -0.0100. The van der Waals surface area contributed by atoms with Gasteiger partial charge in [-0.15, -0.1) is 0 Å². The Labute approximate surface area is 119 Å². The number of nitrogens with one attached hydrogen (secondary N) is 1. The van der Waals surface area contributed by atoms with E-state index >= 15 is 0 Å². The van der Waals surface area contributed by atoms with E-state index < -0.39 is 16.9 Å². The SMILES string of the molecule is CC(C)OCCOCC(O)CNCCC(C)S(C)=O. The van der Waals surface area contributed by atoms with Crippen molar-refractivity contribution in [1.29, 1.82) is 0 Å². The smallest absolute Gasteiger partial charge is 0.0897 e. The van der Waals surface area contributed by atoms with E-state index in [1.165, 1.54) is 0 Å². The van der Waals surface area contributed by atoms with Gasteiger partial charge in [0.25, 0.3) is 0 Å². The standard InChI is InChI=1S/C13H29NO4S/c1-11(2)18-8-7-17-10-13(15)9-14-6-5-12(3)19(4)16/h11-15H,5-10H2,1-4H3. The third-order valence-electron chi connectivity index (χ3n) is 2.66. The Balaban J connectivity index is 3.35. The number of aliphatic hydroxyl groups is 1. The second-order valence-corrected chi connectivity index (χ2v) is 6.75. The molecule has 0 aromatic carbocycles. The lowest BCUT2D eigenvalue weighted by Gasteiger charge is -2.14. The number of hydrogen-bond acceptors (Lipinski definition) is 5. The first-order valence-corrected chi connectivity index (χ1v) is 8.46. The van der Waals surface area contributed by atoms with Crippen molar-refractivity contribution in [3.05, 3.63) is 0 Å². The van der Waals surface area contributed by atoms with E-state index in [0.29, 0.717) is 26.4 Å². The van der Waals surface area contributed by atoms with Gasteiger partial charge in [0.15, 0.2) is 0 Å². The first-order valence-electron chi connectivity index (χ1n) is 6.83. The molecule has 0 rings (SSSR count). The van der Waals surface area contributed by atoms with Gasteiger partial charge in [-0.2, -0.15) is 0 Å². The molecule has 0 saturated heterocycles. The molecule has 3 atom stereocenters. The molecular formula is C13H29NO4S. The minimum atomic E-state index is -0.777. The van der Waals surface area contributed by atoms with Crippen molar-refractivity contribution >= 4 is 10.8 Å². The first-order chi connectivity index (χ1) is 8.93. The molecule has 0 fully saturated rings. The van der Waals surface area contributed by atoms with Crippen LogP contribution in [0.5, 0.6) is 0 Å². The predicted octanol–water partition coefficient (Wildman–Crippen LogP) is 0.536. The molecule has 2 N–H and O–H groups in total. The monoisotopic (exact) mass is 295 g/mol. The van der Waals surface area contributed by atoms with Gasteiger partial charge >= 0.3 is 0 Å². The van der Waals surface area contributed by atoms with E-state index in [1.807, 2.05) is 20.8 Å². The fourth-order valence-corrected chi connectivity index (χ4v) is 1.81. The maximum atomic E-state index is 11.1. The first kappa shape index (κ1) is 19.0. The molecule has 0 radical (unpaired) electrons. The quantitative estimate of drug-likeness (QED) is 0.514. The number of hydrogen-bond donors (Lipinski definition) is 2. The summed E-state index contributed by atoms with van der Waals surface area (Å²) in [6.45, 7) is 8.53. The summed E-state index contributed by atoms with van der Waals surface area (Å²) >= 11 is 0. The largest absolute Gasteiger partial charge is 0.389 e. The number of aliphatic hydroxyl groups excluding tert-OH is 1. The van der Waals surface area contributed by atoms with E-state index in [2.05, 4.69) is 5.32 Å². The fraction of sp³-hybridized carbons (Fsp3) is 1.00. The van der Waals surface area contributed by atoms with Crippen LogP contribution in [0, 0.1) is 0 Å². The van der Waals surface area contributed by atoms with E-state index in [4.69, 9.17) is 9.47 Å². The van der Waals surface area contributed by atoms with Crippen molar-refractivity contribution < 1.29 is 18.8 Å². The van der Waals surface area contributed by atoms with Crippen molar-refractivity contribution in [2.45, 2.75) is 44.6 Å². The molecule has 0 aliphatic heterocycles. The fourth-order valence-electron chi connectivity index (χ4n) is 1.36. The van der Waals surface area contributed by atoms with Gasteiger partial charge in [0, 0.05) is 28.9 Å². The minimum absolute atomic E-state index is 0.189. The van der Waals surface area contributed by atoms with Crippen LogP contribution in [0.3, 0.4) is 0 Å². The number of rotatable bonds is 12. The van der Waals surface area contributed by atoms with E-state index in [9.17, 15) is 9.32 Å². The second-order valence-electron chi connectivity index (χ2n) is 4.95. The highest BCUT2D eigenvalue weighted by atomic mass is 32.2. The van der Waals surface area contributed by atoms with Crippen LogP contribution < -0.4 is 5.32 Å². The molecule has 0 heterocycles. The molecule has 0 aliphatic carbocycles. The van der Waals surface area contributed by atoms with Crippen molar-refractivity contribution in [2.24, 2.45) is 0 Å². The second kappa shape index (κ2) is 11.8. The van der Waals surface area contributed by atoms with Gasteiger partial charge in [0.2, 0.25) is 0 Å². The molecule has 0 saturated carbocycles. The highest BCUT2D eigenvalue weighted by Gasteiger charge is 2.07. The molecule has 0 amide bonds. The lowest BCUT2D eigenvalue weighted by molar-refractivity contribution is -0.00991. The molecule has 5 nitrogen and oxygen atoms in total. The van der Waals surface area contributed by atoms with Crippen molar-refractivity contribution in [3.8, 4) is 0 Å². The third kappa shape index (κ3) is 12.8. The van der Waals surface area contributed by atoms with Gasteiger partial charge in [0.05, 0.1) is 32.0 Å². The summed E-state index contributed by atoms with van der Waals surface area (Å²) in [6, 6.07) is 0. The van der Waals surface area contributed by atoms with Crippen LogP contribution in [0.4, 0.5) is 0 Å². The van der Waals surface area contributed by atoms with Crippen LogP contribution >= 0.6 is 0 Å².